The zero-order valence-corrected chi connectivity index (χ0v) is 18.2. The molecule has 0 fully saturated rings. The van der Waals surface area contributed by atoms with Crippen molar-refractivity contribution in [2.75, 3.05) is 12.3 Å². The van der Waals surface area contributed by atoms with Gasteiger partial charge in [0.15, 0.2) is 5.65 Å². The molecule has 0 bridgehead atoms. The second-order valence-electron chi connectivity index (χ2n) is 7.48. The summed E-state index contributed by atoms with van der Waals surface area (Å²) in [6.45, 7) is -1.52. The van der Waals surface area contributed by atoms with Gasteiger partial charge in [-0.2, -0.15) is 4.98 Å². The van der Waals surface area contributed by atoms with Crippen LogP contribution in [-0.4, -0.2) is 38.1 Å². The molecule has 13 heteroatoms. The number of nitrogens with one attached hydrogen (secondary N) is 1. The maximum Gasteiger partial charge on any atom is 0.294 e. The molecule has 7 nitrogen and oxygen atoms in total. The minimum absolute atomic E-state index is 0.0139. The number of nitrogens with two attached hydrogens (primary N) is 1. The Morgan fingerprint density at radius 2 is 1.91 bits per heavy atom. The van der Waals surface area contributed by atoms with E-state index in [9.17, 15) is 27.5 Å². The van der Waals surface area contributed by atoms with E-state index >= 15 is 4.39 Å². The summed E-state index contributed by atoms with van der Waals surface area (Å²) < 4.78 is 72.7. The van der Waals surface area contributed by atoms with Crippen LogP contribution in [0.3, 0.4) is 0 Å². The SMILES string of the molecule is Nc1nc2cc(-c3ccc(Cl)c(C(=O)NCC(F)(F)C(O)c4cc(F)ccc4F)c3F)ccn2n1. The molecule has 1 atom stereocenters. The number of carbonyl (C=O) groups is 1. The maximum absolute atomic E-state index is 15.3. The van der Waals surface area contributed by atoms with Gasteiger partial charge in [-0.15, -0.1) is 5.10 Å². The molecule has 182 valence electrons. The van der Waals surface area contributed by atoms with Crippen LogP contribution in [0.15, 0.2) is 48.7 Å². The lowest BCUT2D eigenvalue weighted by atomic mass is 10.0. The van der Waals surface area contributed by atoms with Gasteiger partial charge in [-0.1, -0.05) is 11.6 Å². The van der Waals surface area contributed by atoms with Crippen LogP contribution in [0.1, 0.15) is 22.0 Å². The molecule has 0 saturated carbocycles. The molecule has 4 rings (SSSR count). The van der Waals surface area contributed by atoms with E-state index in [1.165, 1.54) is 35.0 Å². The van der Waals surface area contributed by atoms with Crippen molar-refractivity contribution >= 4 is 29.1 Å². The molecular weight excluding hydrogens is 497 g/mol. The monoisotopic (exact) mass is 511 g/mol. The molecule has 0 spiro atoms. The van der Waals surface area contributed by atoms with Crippen molar-refractivity contribution in [1.29, 1.82) is 0 Å². The van der Waals surface area contributed by atoms with E-state index in [1.807, 2.05) is 0 Å². The van der Waals surface area contributed by atoms with Gasteiger partial charge in [0.1, 0.15) is 23.6 Å². The molecule has 35 heavy (non-hydrogen) atoms. The number of anilines is 1. The number of aromatic nitrogens is 3. The van der Waals surface area contributed by atoms with E-state index in [0.29, 0.717) is 23.8 Å². The van der Waals surface area contributed by atoms with Crippen LogP contribution in [0.25, 0.3) is 16.8 Å². The number of aliphatic hydroxyl groups excluding tert-OH is 1. The average molecular weight is 512 g/mol. The average Bonchev–Trinajstić information content (AvgIpc) is 3.18. The van der Waals surface area contributed by atoms with Crippen LogP contribution in [0.4, 0.5) is 27.9 Å². The molecule has 2 aromatic heterocycles. The van der Waals surface area contributed by atoms with E-state index in [4.69, 9.17) is 17.3 Å². The molecule has 2 heterocycles. The van der Waals surface area contributed by atoms with Crippen molar-refractivity contribution in [1.82, 2.24) is 19.9 Å². The number of hydrogen-bond acceptors (Lipinski definition) is 5. The third kappa shape index (κ3) is 4.75. The zero-order chi connectivity index (χ0) is 25.5. The summed E-state index contributed by atoms with van der Waals surface area (Å²) in [6.07, 6.45) is -1.33. The molecule has 0 aliphatic heterocycles. The summed E-state index contributed by atoms with van der Waals surface area (Å²) in [7, 11) is 0. The molecule has 1 amide bonds. The third-order valence-electron chi connectivity index (χ3n) is 5.12. The Morgan fingerprint density at radius 3 is 2.66 bits per heavy atom. The van der Waals surface area contributed by atoms with Crippen molar-refractivity contribution < 1.29 is 31.9 Å². The smallest absolute Gasteiger partial charge is 0.294 e. The highest BCUT2D eigenvalue weighted by Gasteiger charge is 2.41. The first-order valence-electron chi connectivity index (χ1n) is 9.87. The van der Waals surface area contributed by atoms with Crippen molar-refractivity contribution in [3.8, 4) is 11.1 Å². The van der Waals surface area contributed by atoms with Crippen molar-refractivity contribution in [2.45, 2.75) is 12.0 Å². The van der Waals surface area contributed by atoms with Gasteiger partial charge < -0.3 is 16.2 Å². The highest BCUT2D eigenvalue weighted by molar-refractivity contribution is 6.34. The van der Waals surface area contributed by atoms with Gasteiger partial charge in [-0.05, 0) is 48.0 Å². The lowest BCUT2D eigenvalue weighted by molar-refractivity contribution is -0.107. The molecule has 0 saturated heterocycles. The van der Waals surface area contributed by atoms with Crippen molar-refractivity contribution in [3.05, 3.63) is 82.3 Å². The Bertz CT molecular complexity index is 1450. The van der Waals surface area contributed by atoms with Gasteiger partial charge in [-0.3, -0.25) is 4.79 Å². The second-order valence-corrected chi connectivity index (χ2v) is 7.89. The summed E-state index contributed by atoms with van der Waals surface area (Å²) in [5, 5.41) is 15.2. The normalized spacial score (nSPS) is 12.7. The molecule has 1 unspecified atom stereocenters. The van der Waals surface area contributed by atoms with E-state index in [-0.39, 0.29) is 22.1 Å². The van der Waals surface area contributed by atoms with Crippen molar-refractivity contribution in [2.24, 2.45) is 0 Å². The Balaban J connectivity index is 1.59. The number of carbonyl (C=O) groups excluding carboxylic acids is 1. The lowest BCUT2D eigenvalue weighted by Crippen LogP contribution is -2.41. The highest BCUT2D eigenvalue weighted by atomic mass is 35.5. The number of nitrogens with zero attached hydrogens (tertiary/aromatic N) is 3. The summed E-state index contributed by atoms with van der Waals surface area (Å²) >= 11 is 5.96. The number of halogens is 6. The molecular formula is C22H15ClF5N5O2. The second kappa shape index (κ2) is 9.12. The minimum Gasteiger partial charge on any atom is -0.382 e. The Kier molecular flexibility index (Phi) is 6.34. The summed E-state index contributed by atoms with van der Waals surface area (Å²) in [5.74, 6) is -8.87. The summed E-state index contributed by atoms with van der Waals surface area (Å²) in [6, 6.07) is 7.07. The standard InChI is InChI=1S/C22H15ClF5N5O2/c23-14-3-2-12(10-5-6-33-16(7-10)31-21(29)32-33)18(26)17(14)20(35)30-9-22(27,28)19(34)13-8-11(24)1-4-15(13)25/h1-8,19,34H,9H2,(H2,29,32)(H,30,35). The van der Waals surface area contributed by atoms with Gasteiger partial charge in [0.25, 0.3) is 11.8 Å². The molecule has 0 aliphatic rings. The number of nitrogen functional groups attached to an aromatic ring is 1. The number of rotatable bonds is 6. The molecule has 4 N–H and O–H groups in total. The number of benzene rings is 2. The molecule has 2 aromatic carbocycles. The number of alkyl halides is 2. The van der Waals surface area contributed by atoms with E-state index in [0.717, 1.165) is 0 Å². The number of aliphatic hydroxyl groups is 1. The van der Waals surface area contributed by atoms with Crippen LogP contribution >= 0.6 is 11.6 Å². The number of hydrogen-bond donors (Lipinski definition) is 3. The van der Waals surface area contributed by atoms with Crippen LogP contribution < -0.4 is 11.1 Å². The summed E-state index contributed by atoms with van der Waals surface area (Å²) in [4.78, 5) is 16.5. The van der Waals surface area contributed by atoms with Crippen LogP contribution in [-0.2, 0) is 0 Å². The van der Waals surface area contributed by atoms with Gasteiger partial charge >= 0.3 is 0 Å². The fraction of sp³-hybridized carbons (Fsp3) is 0.136. The maximum atomic E-state index is 15.3. The van der Waals surface area contributed by atoms with Gasteiger partial charge in [0.2, 0.25) is 5.95 Å². The van der Waals surface area contributed by atoms with Crippen LogP contribution in [0, 0.1) is 17.5 Å². The predicted octanol–water partition coefficient (Wildman–Crippen LogP) is 4.15. The van der Waals surface area contributed by atoms with E-state index in [1.54, 1.807) is 5.32 Å². The fourth-order valence-electron chi connectivity index (χ4n) is 3.38. The Labute approximate surface area is 199 Å². The first-order chi connectivity index (χ1) is 16.5. The number of pyridine rings is 1. The Morgan fingerprint density at radius 1 is 1.17 bits per heavy atom. The van der Waals surface area contributed by atoms with E-state index < -0.39 is 53.1 Å². The summed E-state index contributed by atoms with van der Waals surface area (Å²) in [5.41, 5.74) is 4.28. The molecule has 4 aromatic rings. The van der Waals surface area contributed by atoms with Gasteiger partial charge in [0, 0.05) is 17.3 Å². The number of amides is 1. The number of fused-ring (bicyclic) bond motifs is 1. The molecule has 0 aliphatic carbocycles. The third-order valence-corrected chi connectivity index (χ3v) is 5.44. The predicted molar refractivity (Wildman–Crippen MR) is 116 cm³/mol. The zero-order valence-electron chi connectivity index (χ0n) is 17.4. The van der Waals surface area contributed by atoms with Crippen LogP contribution in [0.2, 0.25) is 5.02 Å². The lowest BCUT2D eigenvalue weighted by Gasteiger charge is -2.24. The van der Waals surface area contributed by atoms with E-state index in [2.05, 4.69) is 10.1 Å². The Hall–Kier alpha value is -3.77. The minimum atomic E-state index is -4.14. The fourth-order valence-corrected chi connectivity index (χ4v) is 3.62. The van der Waals surface area contributed by atoms with Gasteiger partial charge in [-0.25, -0.2) is 26.5 Å². The van der Waals surface area contributed by atoms with Gasteiger partial charge in [0.05, 0.1) is 17.1 Å². The topological polar surface area (TPSA) is 106 Å². The first kappa shape index (κ1) is 24.4. The van der Waals surface area contributed by atoms with Crippen LogP contribution in [0.5, 0.6) is 0 Å². The quantitative estimate of drug-likeness (QED) is 0.337. The largest absolute Gasteiger partial charge is 0.382 e. The first-order valence-corrected chi connectivity index (χ1v) is 10.2. The highest BCUT2D eigenvalue weighted by Crippen LogP contribution is 2.34. The molecule has 0 radical (unpaired) electrons. The van der Waals surface area contributed by atoms with Crippen molar-refractivity contribution in [3.63, 3.8) is 0 Å².